The summed E-state index contributed by atoms with van der Waals surface area (Å²) < 4.78 is 9.91. The molecule has 0 amide bonds. The van der Waals surface area contributed by atoms with E-state index in [0.29, 0.717) is 5.92 Å². The van der Waals surface area contributed by atoms with Gasteiger partial charge in [-0.1, -0.05) is 12.2 Å². The summed E-state index contributed by atoms with van der Waals surface area (Å²) in [6.07, 6.45) is 7.46. The van der Waals surface area contributed by atoms with Gasteiger partial charge in [0.1, 0.15) is 12.0 Å². The van der Waals surface area contributed by atoms with Crippen LogP contribution >= 0.6 is 0 Å². The number of carbonyl (C=O) groups excluding carboxylic acids is 3. The van der Waals surface area contributed by atoms with Crippen LogP contribution < -0.4 is 0 Å². The van der Waals surface area contributed by atoms with E-state index < -0.39 is 29.9 Å². The first-order valence-corrected chi connectivity index (χ1v) is 7.89. The van der Waals surface area contributed by atoms with Gasteiger partial charge in [-0.05, 0) is 58.3 Å². The van der Waals surface area contributed by atoms with Crippen molar-refractivity contribution in [2.75, 3.05) is 0 Å². The zero-order valence-corrected chi connectivity index (χ0v) is 13.5. The van der Waals surface area contributed by atoms with Gasteiger partial charge in [-0.3, -0.25) is 14.4 Å². The average molecular weight is 308 g/mol. The van der Waals surface area contributed by atoms with Gasteiger partial charge in [-0.2, -0.15) is 0 Å². The Hall–Kier alpha value is -1.65. The Morgan fingerprint density at radius 2 is 1.68 bits per heavy atom. The van der Waals surface area contributed by atoms with Crippen LogP contribution in [0, 0.1) is 17.8 Å². The van der Waals surface area contributed by atoms with Crippen LogP contribution in [-0.4, -0.2) is 23.5 Å². The fourth-order valence-corrected chi connectivity index (χ4v) is 3.09. The molecular formula is C17H24O5. The SMILES string of the molecule is CC(C)(C)OC(=O)CC(=O)OC(=O)C1CCC2C=CC1CC2. The lowest BCUT2D eigenvalue weighted by molar-refractivity contribution is -0.168. The van der Waals surface area contributed by atoms with Gasteiger partial charge >= 0.3 is 17.9 Å². The van der Waals surface area contributed by atoms with E-state index in [4.69, 9.17) is 9.47 Å². The smallest absolute Gasteiger partial charge is 0.324 e. The molecule has 0 heterocycles. The van der Waals surface area contributed by atoms with Crippen molar-refractivity contribution in [3.8, 4) is 0 Å². The fraction of sp³-hybridized carbons (Fsp3) is 0.706. The number of fused-ring (bicyclic) bond motifs is 3. The van der Waals surface area contributed by atoms with Gasteiger partial charge in [0.2, 0.25) is 0 Å². The number of ether oxygens (including phenoxy) is 2. The minimum atomic E-state index is -0.831. The lowest BCUT2D eigenvalue weighted by Gasteiger charge is -2.21. The highest BCUT2D eigenvalue weighted by Gasteiger charge is 2.35. The molecule has 22 heavy (non-hydrogen) atoms. The fourth-order valence-electron chi connectivity index (χ4n) is 3.09. The largest absolute Gasteiger partial charge is 0.460 e. The summed E-state index contributed by atoms with van der Waals surface area (Å²) in [5, 5.41) is 0. The van der Waals surface area contributed by atoms with Crippen LogP contribution in [0.1, 0.15) is 52.9 Å². The first-order valence-electron chi connectivity index (χ1n) is 7.89. The molecule has 0 aliphatic heterocycles. The predicted molar refractivity (Wildman–Crippen MR) is 79.6 cm³/mol. The number of hydrogen-bond acceptors (Lipinski definition) is 5. The summed E-state index contributed by atoms with van der Waals surface area (Å²) in [5.41, 5.74) is -0.660. The molecule has 3 rings (SSSR count). The van der Waals surface area contributed by atoms with Crippen LogP contribution in [0.3, 0.4) is 0 Å². The second-order valence-corrected chi connectivity index (χ2v) is 7.13. The van der Waals surface area contributed by atoms with Crippen molar-refractivity contribution in [1.82, 2.24) is 0 Å². The molecule has 2 bridgehead atoms. The highest BCUT2D eigenvalue weighted by Crippen LogP contribution is 2.38. The standard InChI is InChI=1S/C17H24O5/c1-17(2,3)22-15(19)10-14(18)21-16(20)13-9-6-11-4-7-12(13)8-5-11/h4,7,11-13H,5-6,8-10H2,1-3H3. The summed E-state index contributed by atoms with van der Waals surface area (Å²) in [7, 11) is 0. The molecule has 3 aliphatic rings. The van der Waals surface area contributed by atoms with Gasteiger partial charge in [-0.25, -0.2) is 0 Å². The van der Waals surface area contributed by atoms with Crippen LogP contribution in [0.5, 0.6) is 0 Å². The molecule has 0 aromatic heterocycles. The van der Waals surface area contributed by atoms with Crippen LogP contribution in [0.4, 0.5) is 0 Å². The first-order chi connectivity index (χ1) is 10.2. The Balaban J connectivity index is 1.85. The molecule has 0 N–H and O–H groups in total. The van der Waals surface area contributed by atoms with Crippen molar-refractivity contribution in [3.63, 3.8) is 0 Å². The predicted octanol–water partition coefficient (Wildman–Crippen LogP) is 2.78. The zero-order valence-electron chi connectivity index (χ0n) is 13.5. The Bertz CT molecular complexity index is 486. The topological polar surface area (TPSA) is 69.7 Å². The normalized spacial score (nSPS) is 27.1. The van der Waals surface area contributed by atoms with Crippen molar-refractivity contribution in [2.45, 2.75) is 58.5 Å². The third-order valence-corrected chi connectivity index (χ3v) is 4.09. The molecule has 0 radical (unpaired) electrons. The van der Waals surface area contributed by atoms with Gasteiger partial charge in [-0.15, -0.1) is 0 Å². The minimum Gasteiger partial charge on any atom is -0.460 e. The Morgan fingerprint density at radius 1 is 1.00 bits per heavy atom. The van der Waals surface area contributed by atoms with Crippen molar-refractivity contribution in [2.24, 2.45) is 17.8 Å². The number of hydrogen-bond donors (Lipinski definition) is 0. The van der Waals surface area contributed by atoms with E-state index in [0.717, 1.165) is 25.7 Å². The highest BCUT2D eigenvalue weighted by atomic mass is 16.6. The van der Waals surface area contributed by atoms with Gasteiger partial charge in [0.25, 0.3) is 0 Å². The molecule has 0 aromatic carbocycles. The summed E-state index contributed by atoms with van der Waals surface area (Å²) >= 11 is 0. The molecule has 122 valence electrons. The second kappa shape index (κ2) is 6.63. The summed E-state index contributed by atoms with van der Waals surface area (Å²) in [4.78, 5) is 35.5. The molecule has 0 spiro atoms. The van der Waals surface area contributed by atoms with Crippen molar-refractivity contribution in [1.29, 1.82) is 0 Å². The Kier molecular flexibility index (Phi) is 5.04. The second-order valence-electron chi connectivity index (χ2n) is 7.13. The molecular weight excluding hydrogens is 284 g/mol. The third kappa shape index (κ3) is 4.68. The van der Waals surface area contributed by atoms with Crippen molar-refractivity contribution in [3.05, 3.63) is 12.2 Å². The van der Waals surface area contributed by atoms with E-state index in [9.17, 15) is 14.4 Å². The molecule has 0 aromatic rings. The number of rotatable bonds is 3. The van der Waals surface area contributed by atoms with Gasteiger partial charge in [0.15, 0.2) is 0 Å². The monoisotopic (exact) mass is 308 g/mol. The molecule has 1 saturated carbocycles. The molecule has 1 fully saturated rings. The molecule has 3 aliphatic carbocycles. The van der Waals surface area contributed by atoms with Gasteiger partial charge in [0.05, 0.1) is 5.92 Å². The molecule has 3 unspecified atom stereocenters. The van der Waals surface area contributed by atoms with Crippen LogP contribution in [-0.2, 0) is 23.9 Å². The van der Waals surface area contributed by atoms with E-state index in [1.165, 1.54) is 0 Å². The quantitative estimate of drug-likeness (QED) is 0.455. The van der Waals surface area contributed by atoms with E-state index in [1.807, 2.05) is 0 Å². The zero-order chi connectivity index (χ0) is 16.3. The van der Waals surface area contributed by atoms with E-state index in [-0.39, 0.29) is 11.8 Å². The minimum absolute atomic E-state index is 0.153. The third-order valence-electron chi connectivity index (χ3n) is 4.09. The molecule has 5 heteroatoms. The number of esters is 3. The highest BCUT2D eigenvalue weighted by molar-refractivity contribution is 5.96. The van der Waals surface area contributed by atoms with Crippen molar-refractivity contribution >= 4 is 17.9 Å². The van der Waals surface area contributed by atoms with Gasteiger partial charge < -0.3 is 9.47 Å². The Labute approximate surface area is 131 Å². The van der Waals surface area contributed by atoms with Crippen LogP contribution in [0.15, 0.2) is 12.2 Å². The summed E-state index contributed by atoms with van der Waals surface area (Å²) in [6, 6.07) is 0. The lowest BCUT2D eigenvalue weighted by atomic mass is 9.85. The molecule has 5 nitrogen and oxygen atoms in total. The maximum Gasteiger partial charge on any atom is 0.324 e. The van der Waals surface area contributed by atoms with Crippen LogP contribution in [0.2, 0.25) is 0 Å². The molecule has 3 atom stereocenters. The molecule has 0 saturated heterocycles. The number of carbonyl (C=O) groups is 3. The maximum atomic E-state index is 12.2. The number of allylic oxidation sites excluding steroid dienone is 2. The van der Waals surface area contributed by atoms with E-state index >= 15 is 0 Å². The van der Waals surface area contributed by atoms with Gasteiger partial charge in [0, 0.05) is 0 Å². The summed E-state index contributed by atoms with van der Waals surface area (Å²) in [6.45, 7) is 5.15. The lowest BCUT2D eigenvalue weighted by Crippen LogP contribution is -2.29. The Morgan fingerprint density at radius 3 is 2.27 bits per heavy atom. The van der Waals surface area contributed by atoms with Crippen molar-refractivity contribution < 1.29 is 23.9 Å². The van der Waals surface area contributed by atoms with E-state index in [1.54, 1.807) is 20.8 Å². The average Bonchev–Trinajstić information content (AvgIpc) is 2.69. The maximum absolute atomic E-state index is 12.2. The first kappa shape index (κ1) is 16.7. The summed E-state index contributed by atoms with van der Waals surface area (Å²) in [5.74, 6) is -1.58. The van der Waals surface area contributed by atoms with E-state index in [2.05, 4.69) is 12.2 Å². The van der Waals surface area contributed by atoms with Crippen LogP contribution in [0.25, 0.3) is 0 Å².